The molecule has 0 aliphatic rings. The highest BCUT2D eigenvalue weighted by molar-refractivity contribution is 9.10. The van der Waals surface area contributed by atoms with E-state index in [1.165, 1.54) is 6.26 Å². The van der Waals surface area contributed by atoms with Crippen molar-refractivity contribution in [2.75, 3.05) is 6.61 Å². The summed E-state index contributed by atoms with van der Waals surface area (Å²) in [6.07, 6.45) is 1.54. The van der Waals surface area contributed by atoms with Gasteiger partial charge in [0.15, 0.2) is 6.61 Å². The third-order valence-electron chi connectivity index (χ3n) is 2.48. The van der Waals surface area contributed by atoms with E-state index in [2.05, 4.69) is 26.5 Å². The highest BCUT2D eigenvalue weighted by Gasteiger charge is 2.06. The number of ether oxygens (including phenoxy) is 1. The summed E-state index contributed by atoms with van der Waals surface area (Å²) in [7, 11) is 0. The van der Waals surface area contributed by atoms with Crippen LogP contribution in [0, 0.1) is 0 Å². The zero-order valence-electron chi connectivity index (χ0n) is 11.1. The van der Waals surface area contributed by atoms with E-state index in [0.29, 0.717) is 22.2 Å². The van der Waals surface area contributed by atoms with Crippen molar-refractivity contribution in [2.24, 2.45) is 5.10 Å². The van der Waals surface area contributed by atoms with Crippen LogP contribution in [0.5, 0.6) is 5.75 Å². The first kappa shape index (κ1) is 15.6. The van der Waals surface area contributed by atoms with Gasteiger partial charge in [-0.2, -0.15) is 5.10 Å². The maximum atomic E-state index is 11.6. The van der Waals surface area contributed by atoms with Crippen LogP contribution in [0.15, 0.2) is 50.6 Å². The number of rotatable bonds is 5. The van der Waals surface area contributed by atoms with Crippen molar-refractivity contribution >= 4 is 39.1 Å². The molecular formula is C14H12BrClN2O3. The fourth-order valence-electron chi connectivity index (χ4n) is 1.45. The Bertz CT molecular complexity index is 656. The molecule has 0 atom stereocenters. The molecule has 7 heteroatoms. The molecule has 2 aromatic rings. The molecule has 0 spiro atoms. The van der Waals surface area contributed by atoms with E-state index in [1.807, 2.05) is 0 Å². The van der Waals surface area contributed by atoms with E-state index in [9.17, 15) is 4.79 Å². The largest absolute Gasteiger partial charge is 0.482 e. The molecular weight excluding hydrogens is 360 g/mol. The van der Waals surface area contributed by atoms with Gasteiger partial charge in [0.25, 0.3) is 5.91 Å². The molecule has 1 aromatic carbocycles. The topological polar surface area (TPSA) is 63.8 Å². The van der Waals surface area contributed by atoms with Gasteiger partial charge in [-0.3, -0.25) is 4.79 Å². The van der Waals surface area contributed by atoms with Crippen LogP contribution >= 0.6 is 27.5 Å². The first-order valence-electron chi connectivity index (χ1n) is 6.01. The second-order valence-corrected chi connectivity index (χ2v) is 5.40. The number of carbonyl (C=O) groups excluding carboxylic acids is 1. The molecule has 1 aromatic heterocycles. The minimum Gasteiger partial charge on any atom is -0.482 e. The lowest BCUT2D eigenvalue weighted by molar-refractivity contribution is -0.123. The van der Waals surface area contributed by atoms with Gasteiger partial charge in [0.1, 0.15) is 17.2 Å². The number of hydrazone groups is 1. The number of amides is 1. The first-order chi connectivity index (χ1) is 10.1. The lowest BCUT2D eigenvalue weighted by Crippen LogP contribution is -2.25. The van der Waals surface area contributed by atoms with Crippen LogP contribution in [-0.2, 0) is 4.79 Å². The second-order valence-electron chi connectivity index (χ2n) is 4.07. The monoisotopic (exact) mass is 370 g/mol. The zero-order chi connectivity index (χ0) is 15.2. The molecule has 5 nitrogen and oxygen atoms in total. The molecule has 1 heterocycles. The van der Waals surface area contributed by atoms with E-state index in [0.717, 1.165) is 4.47 Å². The highest BCUT2D eigenvalue weighted by Crippen LogP contribution is 2.27. The average molecular weight is 372 g/mol. The van der Waals surface area contributed by atoms with Crippen molar-refractivity contribution in [1.29, 1.82) is 0 Å². The molecule has 110 valence electrons. The predicted octanol–water partition coefficient (Wildman–Crippen LogP) is 3.61. The summed E-state index contributed by atoms with van der Waals surface area (Å²) in [6, 6.07) is 8.64. The molecule has 0 saturated carbocycles. The average Bonchev–Trinajstić information content (AvgIpc) is 2.98. The van der Waals surface area contributed by atoms with Gasteiger partial charge >= 0.3 is 0 Å². The summed E-state index contributed by atoms with van der Waals surface area (Å²) >= 11 is 9.27. The summed E-state index contributed by atoms with van der Waals surface area (Å²) in [5.41, 5.74) is 2.95. The Morgan fingerprint density at radius 3 is 2.95 bits per heavy atom. The number of nitrogens with one attached hydrogen (secondary N) is 1. The maximum Gasteiger partial charge on any atom is 0.277 e. The number of benzene rings is 1. The van der Waals surface area contributed by atoms with Crippen LogP contribution in [0.25, 0.3) is 0 Å². The van der Waals surface area contributed by atoms with Gasteiger partial charge in [-0.15, -0.1) is 0 Å². The fraction of sp³-hybridized carbons (Fsp3) is 0.143. The minimum absolute atomic E-state index is 0.184. The SMILES string of the molecule is CC(=NNC(=O)COc1ccc(Br)cc1Cl)c1ccco1. The highest BCUT2D eigenvalue weighted by atomic mass is 79.9. The maximum absolute atomic E-state index is 11.6. The fourth-order valence-corrected chi connectivity index (χ4v) is 2.18. The van der Waals surface area contributed by atoms with Crippen molar-refractivity contribution in [3.63, 3.8) is 0 Å². The third kappa shape index (κ3) is 4.61. The third-order valence-corrected chi connectivity index (χ3v) is 3.27. The minimum atomic E-state index is -0.389. The molecule has 0 fully saturated rings. The van der Waals surface area contributed by atoms with Crippen molar-refractivity contribution in [3.05, 3.63) is 51.9 Å². The van der Waals surface area contributed by atoms with Gasteiger partial charge in [0, 0.05) is 4.47 Å². The molecule has 0 bridgehead atoms. The van der Waals surface area contributed by atoms with Gasteiger partial charge in [-0.1, -0.05) is 27.5 Å². The molecule has 0 aliphatic carbocycles. The lowest BCUT2D eigenvalue weighted by Gasteiger charge is -2.07. The van der Waals surface area contributed by atoms with E-state index >= 15 is 0 Å². The Balaban J connectivity index is 1.86. The Hall–Kier alpha value is -1.79. The van der Waals surface area contributed by atoms with Crippen LogP contribution in [0.2, 0.25) is 5.02 Å². The van der Waals surface area contributed by atoms with Crippen molar-refractivity contribution in [1.82, 2.24) is 5.43 Å². The first-order valence-corrected chi connectivity index (χ1v) is 7.18. The number of nitrogens with zero attached hydrogens (tertiary/aromatic N) is 1. The lowest BCUT2D eigenvalue weighted by atomic mass is 10.3. The van der Waals surface area contributed by atoms with Gasteiger partial charge < -0.3 is 9.15 Å². The van der Waals surface area contributed by atoms with Gasteiger partial charge in [-0.25, -0.2) is 5.43 Å². The predicted molar refractivity (Wildman–Crippen MR) is 83.7 cm³/mol. The van der Waals surface area contributed by atoms with Gasteiger partial charge in [0.2, 0.25) is 0 Å². The van der Waals surface area contributed by atoms with Crippen molar-refractivity contribution < 1.29 is 13.9 Å². The summed E-state index contributed by atoms with van der Waals surface area (Å²) < 4.78 is 11.3. The molecule has 0 aliphatic heterocycles. The van der Waals surface area contributed by atoms with Crippen LogP contribution in [0.4, 0.5) is 0 Å². The molecule has 2 rings (SSSR count). The summed E-state index contributed by atoms with van der Waals surface area (Å²) in [5.74, 6) is 0.633. The smallest absolute Gasteiger partial charge is 0.277 e. The molecule has 0 radical (unpaired) electrons. The Morgan fingerprint density at radius 1 is 1.48 bits per heavy atom. The number of carbonyl (C=O) groups is 1. The quantitative estimate of drug-likeness (QED) is 0.645. The Labute approximate surface area is 135 Å². The molecule has 0 unspecified atom stereocenters. The van der Waals surface area contributed by atoms with Crippen LogP contribution in [0.1, 0.15) is 12.7 Å². The Morgan fingerprint density at radius 2 is 2.29 bits per heavy atom. The van der Waals surface area contributed by atoms with Crippen LogP contribution in [-0.4, -0.2) is 18.2 Å². The zero-order valence-corrected chi connectivity index (χ0v) is 13.4. The van der Waals surface area contributed by atoms with Gasteiger partial charge in [0.05, 0.1) is 11.3 Å². The van der Waals surface area contributed by atoms with E-state index in [4.69, 9.17) is 20.8 Å². The second kappa shape index (κ2) is 7.28. The number of halogens is 2. The standard InChI is InChI=1S/C14H12BrClN2O3/c1-9(12-3-2-6-20-12)17-18-14(19)8-21-13-5-4-10(15)7-11(13)16/h2-7H,8H2,1H3,(H,18,19). The van der Waals surface area contributed by atoms with E-state index < -0.39 is 0 Å². The van der Waals surface area contributed by atoms with E-state index in [-0.39, 0.29) is 12.5 Å². The summed E-state index contributed by atoms with van der Waals surface area (Å²) in [6.45, 7) is 1.54. The van der Waals surface area contributed by atoms with Gasteiger partial charge in [-0.05, 0) is 37.3 Å². The van der Waals surface area contributed by atoms with Crippen LogP contribution < -0.4 is 10.2 Å². The number of hydrogen-bond donors (Lipinski definition) is 1. The summed E-state index contributed by atoms with van der Waals surface area (Å²) in [4.78, 5) is 11.6. The normalized spacial score (nSPS) is 11.3. The summed E-state index contributed by atoms with van der Waals surface area (Å²) in [5, 5.41) is 4.34. The van der Waals surface area contributed by atoms with Crippen LogP contribution in [0.3, 0.4) is 0 Å². The molecule has 0 saturated heterocycles. The van der Waals surface area contributed by atoms with E-state index in [1.54, 1.807) is 37.3 Å². The van der Waals surface area contributed by atoms with Crippen molar-refractivity contribution in [3.8, 4) is 5.75 Å². The molecule has 1 N–H and O–H groups in total. The molecule has 21 heavy (non-hydrogen) atoms. The number of furan rings is 1. The Kier molecular flexibility index (Phi) is 5.41. The number of hydrogen-bond acceptors (Lipinski definition) is 4. The molecule has 1 amide bonds. The van der Waals surface area contributed by atoms with Crippen molar-refractivity contribution in [2.45, 2.75) is 6.92 Å².